The molecule has 0 aromatic rings. The Morgan fingerprint density at radius 2 is 2.50 bits per heavy atom. The summed E-state index contributed by atoms with van der Waals surface area (Å²) in [5.41, 5.74) is 0. The van der Waals surface area contributed by atoms with E-state index in [1.165, 1.54) is 0 Å². The second-order valence-electron chi connectivity index (χ2n) is 2.12. The van der Waals surface area contributed by atoms with Gasteiger partial charge in [0.25, 0.3) is 0 Å². The van der Waals surface area contributed by atoms with Crippen LogP contribution in [-0.4, -0.2) is 31.4 Å². The smallest absolute Gasteiger partial charge is 0.119 e. The molecule has 0 aliphatic carbocycles. The molecule has 0 radical (unpaired) electrons. The van der Waals surface area contributed by atoms with E-state index in [0.29, 0.717) is 12.8 Å². The van der Waals surface area contributed by atoms with Gasteiger partial charge in [0, 0.05) is 19.6 Å². The Hall–Kier alpha value is -0.120. The first-order chi connectivity index (χ1) is 3.80. The lowest BCUT2D eigenvalue weighted by Crippen LogP contribution is -2.45. The molecule has 1 saturated heterocycles. The summed E-state index contributed by atoms with van der Waals surface area (Å²) >= 11 is 0. The molecule has 0 bridgehead atoms. The van der Waals surface area contributed by atoms with E-state index < -0.39 is 0 Å². The average molecular weight is 116 g/mol. The number of nitrogens with zero attached hydrogens (tertiary/aromatic N) is 1. The Balaban J connectivity index is 2.28. The quantitative estimate of drug-likeness (QED) is 0.474. The molecule has 1 N–H and O–H groups in total. The van der Waals surface area contributed by atoms with E-state index in [0.717, 1.165) is 6.54 Å². The zero-order valence-electron chi connectivity index (χ0n) is 5.35. The lowest BCUT2D eigenvalue weighted by atomic mass is 10.3. The molecule has 0 saturated carbocycles. The van der Waals surface area contributed by atoms with Gasteiger partial charge in [-0.1, -0.05) is 0 Å². The van der Waals surface area contributed by atoms with Gasteiger partial charge in [-0.05, 0) is 6.92 Å². The number of hydrogen-bond acceptors (Lipinski definition) is 3. The van der Waals surface area contributed by atoms with Gasteiger partial charge in [0.05, 0.1) is 0 Å². The van der Waals surface area contributed by atoms with Crippen LogP contribution >= 0.6 is 0 Å². The Bertz CT molecular complexity index is 66.8. The van der Waals surface area contributed by atoms with E-state index in [1.54, 1.807) is 0 Å². The third-order valence-corrected chi connectivity index (χ3v) is 1.43. The van der Waals surface area contributed by atoms with Gasteiger partial charge in [-0.25, -0.2) is 0 Å². The summed E-state index contributed by atoms with van der Waals surface area (Å²) < 4.78 is 0. The average Bonchev–Trinajstić information content (AvgIpc) is 1.77. The van der Waals surface area contributed by atoms with Crippen molar-refractivity contribution in [3.8, 4) is 0 Å². The zero-order valence-corrected chi connectivity index (χ0v) is 5.35. The van der Waals surface area contributed by atoms with Crippen LogP contribution in [0.3, 0.4) is 0 Å². The van der Waals surface area contributed by atoms with Crippen molar-refractivity contribution in [2.45, 2.75) is 13.0 Å². The summed E-state index contributed by atoms with van der Waals surface area (Å²) in [6.45, 7) is 3.80. The summed E-state index contributed by atoms with van der Waals surface area (Å²) in [5.74, 6) is 0. The fourth-order valence-corrected chi connectivity index (χ4v) is 0.671. The highest BCUT2D eigenvalue weighted by atomic mass is 16.7. The molecule has 0 aromatic carbocycles. The maximum Gasteiger partial charge on any atom is 0.119 e. The lowest BCUT2D eigenvalue weighted by molar-refractivity contribution is -0.192. The van der Waals surface area contributed by atoms with Crippen molar-refractivity contribution in [3.05, 3.63) is 0 Å². The van der Waals surface area contributed by atoms with Gasteiger partial charge in [0.2, 0.25) is 0 Å². The summed E-state index contributed by atoms with van der Waals surface area (Å²) in [6, 6.07) is 0.503. The van der Waals surface area contributed by atoms with Crippen molar-refractivity contribution in [1.29, 1.82) is 0 Å². The second-order valence-corrected chi connectivity index (χ2v) is 2.12. The van der Waals surface area contributed by atoms with Crippen molar-refractivity contribution in [2.24, 2.45) is 0 Å². The predicted octanol–water partition coefficient (Wildman–Crippen LogP) is -0.201. The number of nitrogens with one attached hydrogen (secondary N) is 1. The molecule has 1 atom stereocenters. The fourth-order valence-electron chi connectivity index (χ4n) is 0.671. The van der Waals surface area contributed by atoms with Gasteiger partial charge >= 0.3 is 0 Å². The molecule has 1 aliphatic rings. The van der Waals surface area contributed by atoms with Crippen LogP contribution in [0.15, 0.2) is 0 Å². The molecule has 0 aromatic heterocycles. The SMILES string of the molecule is CC1CNCON1C. The monoisotopic (exact) mass is 116 g/mol. The van der Waals surface area contributed by atoms with Crippen LogP contribution in [0.5, 0.6) is 0 Å². The van der Waals surface area contributed by atoms with Crippen LogP contribution in [0, 0.1) is 0 Å². The van der Waals surface area contributed by atoms with Crippen molar-refractivity contribution >= 4 is 0 Å². The molecule has 1 heterocycles. The third kappa shape index (κ3) is 1.18. The minimum absolute atomic E-state index is 0.503. The molecule has 1 aliphatic heterocycles. The Kier molecular flexibility index (Phi) is 1.83. The lowest BCUT2D eigenvalue weighted by Gasteiger charge is -2.29. The first-order valence-electron chi connectivity index (χ1n) is 2.87. The van der Waals surface area contributed by atoms with Crippen LogP contribution in [0.1, 0.15) is 6.92 Å². The maximum absolute atomic E-state index is 5.11. The van der Waals surface area contributed by atoms with Gasteiger partial charge in [-0.15, -0.1) is 0 Å². The topological polar surface area (TPSA) is 24.5 Å². The highest BCUT2D eigenvalue weighted by molar-refractivity contribution is 4.61. The third-order valence-electron chi connectivity index (χ3n) is 1.43. The van der Waals surface area contributed by atoms with Gasteiger partial charge < -0.3 is 0 Å². The summed E-state index contributed by atoms with van der Waals surface area (Å²) in [4.78, 5) is 5.11. The summed E-state index contributed by atoms with van der Waals surface area (Å²) in [5, 5.41) is 4.97. The molecule has 3 heteroatoms. The van der Waals surface area contributed by atoms with E-state index in [2.05, 4.69) is 12.2 Å². The van der Waals surface area contributed by atoms with Gasteiger partial charge in [0.15, 0.2) is 0 Å². The van der Waals surface area contributed by atoms with E-state index in [4.69, 9.17) is 4.84 Å². The van der Waals surface area contributed by atoms with Crippen molar-refractivity contribution in [3.63, 3.8) is 0 Å². The first-order valence-corrected chi connectivity index (χ1v) is 2.87. The Morgan fingerprint density at radius 1 is 1.75 bits per heavy atom. The van der Waals surface area contributed by atoms with E-state index in [-0.39, 0.29) is 0 Å². The molecule has 8 heavy (non-hydrogen) atoms. The van der Waals surface area contributed by atoms with Crippen LogP contribution in [0.25, 0.3) is 0 Å². The largest absolute Gasteiger partial charge is 0.291 e. The predicted molar refractivity (Wildman–Crippen MR) is 31.2 cm³/mol. The molecule has 3 nitrogen and oxygen atoms in total. The Morgan fingerprint density at radius 3 is 2.88 bits per heavy atom. The van der Waals surface area contributed by atoms with Crippen LogP contribution < -0.4 is 5.32 Å². The van der Waals surface area contributed by atoms with Gasteiger partial charge in [0.1, 0.15) is 6.73 Å². The molecule has 0 amide bonds. The molecule has 1 fully saturated rings. The number of hydrogen-bond donors (Lipinski definition) is 1. The minimum atomic E-state index is 0.503. The molecule has 1 rings (SSSR count). The van der Waals surface area contributed by atoms with E-state index >= 15 is 0 Å². The van der Waals surface area contributed by atoms with Crippen LogP contribution in [0.4, 0.5) is 0 Å². The standard InChI is InChI=1S/C5H12N2O/c1-5-3-6-4-8-7(5)2/h5-6H,3-4H2,1-2H3. The molecule has 0 spiro atoms. The number of rotatable bonds is 0. The first kappa shape index (κ1) is 6.01. The maximum atomic E-state index is 5.11. The second kappa shape index (κ2) is 2.44. The van der Waals surface area contributed by atoms with Crippen molar-refractivity contribution in [1.82, 2.24) is 10.4 Å². The van der Waals surface area contributed by atoms with Crippen LogP contribution in [-0.2, 0) is 4.84 Å². The van der Waals surface area contributed by atoms with Crippen molar-refractivity contribution < 1.29 is 4.84 Å². The zero-order chi connectivity index (χ0) is 5.98. The number of likely N-dealkylation sites (N-methyl/N-ethyl adjacent to an activating group) is 1. The molecule has 48 valence electrons. The molecular weight excluding hydrogens is 104 g/mol. The van der Waals surface area contributed by atoms with E-state index in [1.807, 2.05) is 12.1 Å². The van der Waals surface area contributed by atoms with Gasteiger partial charge in [-0.2, -0.15) is 5.06 Å². The summed E-state index contributed by atoms with van der Waals surface area (Å²) in [6.07, 6.45) is 0. The fraction of sp³-hybridized carbons (Fsp3) is 1.00. The van der Waals surface area contributed by atoms with Gasteiger partial charge in [-0.3, -0.25) is 10.2 Å². The number of hydroxylamine groups is 2. The minimum Gasteiger partial charge on any atom is -0.291 e. The molecular formula is C5H12N2O. The summed E-state index contributed by atoms with van der Waals surface area (Å²) in [7, 11) is 1.95. The highest BCUT2D eigenvalue weighted by Gasteiger charge is 2.12. The van der Waals surface area contributed by atoms with Crippen molar-refractivity contribution in [2.75, 3.05) is 20.3 Å². The molecule has 1 unspecified atom stereocenters. The Labute approximate surface area is 49.6 Å². The normalized spacial score (nSPS) is 33.0. The van der Waals surface area contributed by atoms with Crippen LogP contribution in [0.2, 0.25) is 0 Å². The highest BCUT2D eigenvalue weighted by Crippen LogP contribution is 1.97. The van der Waals surface area contributed by atoms with E-state index in [9.17, 15) is 0 Å².